The van der Waals surface area contributed by atoms with Gasteiger partial charge in [0.25, 0.3) is 0 Å². The van der Waals surface area contributed by atoms with E-state index in [-0.39, 0.29) is 0 Å². The highest BCUT2D eigenvalue weighted by atomic mass is 16.5. The van der Waals surface area contributed by atoms with Crippen molar-refractivity contribution in [2.75, 3.05) is 6.61 Å². The van der Waals surface area contributed by atoms with E-state index in [1.807, 2.05) is 0 Å². The van der Waals surface area contributed by atoms with Gasteiger partial charge in [0.1, 0.15) is 0 Å². The zero-order valence-corrected chi connectivity index (χ0v) is 14.4. The molecule has 3 saturated carbocycles. The van der Waals surface area contributed by atoms with E-state index < -0.39 is 0 Å². The molecule has 1 spiro atoms. The molecule has 0 aliphatic heterocycles. The first-order valence-electron chi connectivity index (χ1n) is 9.43. The number of ether oxygens (including phenoxy) is 1. The number of hydrogen-bond acceptors (Lipinski definition) is 2. The van der Waals surface area contributed by atoms with Crippen molar-refractivity contribution in [2.24, 2.45) is 10.8 Å². The van der Waals surface area contributed by atoms with Crippen LogP contribution in [0.2, 0.25) is 0 Å². The van der Waals surface area contributed by atoms with E-state index >= 15 is 0 Å². The Labute approximate surface area is 131 Å². The van der Waals surface area contributed by atoms with Crippen LogP contribution in [0.5, 0.6) is 0 Å². The summed E-state index contributed by atoms with van der Waals surface area (Å²) in [6.45, 7) is 7.93. The lowest BCUT2D eigenvalue weighted by molar-refractivity contribution is -0.153. The van der Waals surface area contributed by atoms with Crippen molar-refractivity contribution < 1.29 is 4.74 Å². The summed E-state index contributed by atoms with van der Waals surface area (Å²) in [5.41, 5.74) is 1.02. The lowest BCUT2D eigenvalue weighted by Crippen LogP contribution is -2.66. The second-order valence-electron chi connectivity index (χ2n) is 8.65. The Hall–Kier alpha value is -0.0800. The highest BCUT2D eigenvalue weighted by Crippen LogP contribution is 2.53. The third kappa shape index (κ3) is 3.17. The Kier molecular flexibility index (Phi) is 4.66. The van der Waals surface area contributed by atoms with Gasteiger partial charge in [0, 0.05) is 24.1 Å². The molecule has 21 heavy (non-hydrogen) atoms. The molecule has 1 N–H and O–H groups in total. The van der Waals surface area contributed by atoms with Gasteiger partial charge in [-0.1, -0.05) is 39.5 Å². The molecular formula is C19H35NO. The minimum Gasteiger partial charge on any atom is -0.378 e. The van der Waals surface area contributed by atoms with Crippen LogP contribution in [0.1, 0.15) is 85.0 Å². The third-order valence-corrected chi connectivity index (χ3v) is 6.58. The zero-order valence-electron chi connectivity index (χ0n) is 14.4. The molecule has 0 aromatic rings. The van der Waals surface area contributed by atoms with Gasteiger partial charge in [0.15, 0.2) is 0 Å². The number of rotatable bonds is 4. The van der Waals surface area contributed by atoms with E-state index in [0.29, 0.717) is 16.9 Å². The number of nitrogens with one attached hydrogen (secondary N) is 1. The Morgan fingerprint density at radius 2 is 1.81 bits per heavy atom. The maximum atomic E-state index is 6.09. The minimum atomic E-state index is 0.482. The van der Waals surface area contributed by atoms with Gasteiger partial charge in [0.2, 0.25) is 0 Å². The van der Waals surface area contributed by atoms with Crippen LogP contribution in [0, 0.1) is 10.8 Å². The Morgan fingerprint density at radius 3 is 2.48 bits per heavy atom. The van der Waals surface area contributed by atoms with Crippen LogP contribution in [0.3, 0.4) is 0 Å². The van der Waals surface area contributed by atoms with Gasteiger partial charge >= 0.3 is 0 Å². The maximum absolute atomic E-state index is 6.09. The van der Waals surface area contributed by atoms with E-state index in [2.05, 4.69) is 26.1 Å². The van der Waals surface area contributed by atoms with Gasteiger partial charge in [-0.2, -0.15) is 0 Å². The smallest absolute Gasteiger partial charge is 0.0661 e. The quantitative estimate of drug-likeness (QED) is 0.813. The molecule has 0 heterocycles. The van der Waals surface area contributed by atoms with E-state index in [0.717, 1.165) is 18.7 Å². The fraction of sp³-hybridized carbons (Fsp3) is 1.00. The van der Waals surface area contributed by atoms with Crippen molar-refractivity contribution in [3.05, 3.63) is 0 Å². The summed E-state index contributed by atoms with van der Waals surface area (Å²) in [5.74, 6) is 0. The van der Waals surface area contributed by atoms with Crippen LogP contribution in [0.15, 0.2) is 0 Å². The van der Waals surface area contributed by atoms with Crippen molar-refractivity contribution in [1.82, 2.24) is 5.32 Å². The Bertz CT molecular complexity index is 345. The molecule has 2 nitrogen and oxygen atoms in total. The van der Waals surface area contributed by atoms with E-state index in [4.69, 9.17) is 4.74 Å². The van der Waals surface area contributed by atoms with Gasteiger partial charge in [-0.05, 0) is 50.9 Å². The second-order valence-corrected chi connectivity index (χ2v) is 8.65. The summed E-state index contributed by atoms with van der Waals surface area (Å²) < 4.78 is 6.09. The topological polar surface area (TPSA) is 21.3 Å². The maximum Gasteiger partial charge on any atom is 0.0661 e. The normalized spacial score (nSPS) is 38.1. The fourth-order valence-corrected chi connectivity index (χ4v) is 5.42. The highest BCUT2D eigenvalue weighted by molar-refractivity contribution is 5.10. The van der Waals surface area contributed by atoms with Crippen molar-refractivity contribution in [2.45, 2.75) is 103 Å². The van der Waals surface area contributed by atoms with Crippen LogP contribution < -0.4 is 5.32 Å². The summed E-state index contributed by atoms with van der Waals surface area (Å²) in [4.78, 5) is 0. The van der Waals surface area contributed by atoms with Crippen LogP contribution in [0.25, 0.3) is 0 Å². The highest BCUT2D eigenvalue weighted by Gasteiger charge is 2.55. The molecule has 3 atom stereocenters. The molecule has 0 bridgehead atoms. The summed E-state index contributed by atoms with van der Waals surface area (Å²) in [7, 11) is 0. The first-order valence-corrected chi connectivity index (χ1v) is 9.43. The summed E-state index contributed by atoms with van der Waals surface area (Å²) in [5, 5.41) is 4.08. The predicted molar refractivity (Wildman–Crippen MR) is 88.5 cm³/mol. The van der Waals surface area contributed by atoms with Crippen molar-refractivity contribution in [3.8, 4) is 0 Å². The largest absolute Gasteiger partial charge is 0.378 e. The van der Waals surface area contributed by atoms with Gasteiger partial charge in [-0.15, -0.1) is 0 Å². The van der Waals surface area contributed by atoms with Crippen molar-refractivity contribution >= 4 is 0 Å². The van der Waals surface area contributed by atoms with Crippen LogP contribution in [0.4, 0.5) is 0 Å². The van der Waals surface area contributed by atoms with Crippen LogP contribution >= 0.6 is 0 Å². The Morgan fingerprint density at radius 1 is 1.05 bits per heavy atom. The SMILES string of the molecule is CCOC1CC(NC2CCCC(C)(C)C2)C12CCCCC2. The summed E-state index contributed by atoms with van der Waals surface area (Å²) >= 11 is 0. The first-order chi connectivity index (χ1) is 10.1. The fourth-order valence-electron chi connectivity index (χ4n) is 5.42. The molecule has 0 aromatic heterocycles. The van der Waals surface area contributed by atoms with E-state index in [1.54, 1.807) is 0 Å². The molecule has 3 aliphatic rings. The van der Waals surface area contributed by atoms with Crippen LogP contribution in [-0.4, -0.2) is 24.8 Å². The lowest BCUT2D eigenvalue weighted by atomic mass is 9.55. The third-order valence-electron chi connectivity index (χ3n) is 6.58. The summed E-state index contributed by atoms with van der Waals surface area (Å²) in [6.07, 6.45) is 14.4. The lowest BCUT2D eigenvalue weighted by Gasteiger charge is -2.59. The van der Waals surface area contributed by atoms with Crippen LogP contribution in [-0.2, 0) is 4.74 Å². The average molecular weight is 293 g/mol. The standard InChI is InChI=1S/C19H35NO/c1-4-21-17-13-16(19(17)11-6-5-7-12-19)20-15-9-8-10-18(2,3)14-15/h15-17,20H,4-14H2,1-3H3. The molecule has 0 amide bonds. The number of hydrogen-bond donors (Lipinski definition) is 1. The molecular weight excluding hydrogens is 258 g/mol. The summed E-state index contributed by atoms with van der Waals surface area (Å²) in [6, 6.07) is 1.48. The van der Waals surface area contributed by atoms with Gasteiger partial charge in [-0.3, -0.25) is 0 Å². The first kappa shape index (κ1) is 15.8. The average Bonchev–Trinajstić information content (AvgIpc) is 2.46. The molecule has 3 unspecified atom stereocenters. The predicted octanol–water partition coefficient (Wildman–Crippen LogP) is 4.67. The van der Waals surface area contributed by atoms with E-state index in [9.17, 15) is 0 Å². The molecule has 0 radical (unpaired) electrons. The van der Waals surface area contributed by atoms with Gasteiger partial charge < -0.3 is 10.1 Å². The molecule has 3 fully saturated rings. The molecule has 2 heteroatoms. The molecule has 3 rings (SSSR count). The van der Waals surface area contributed by atoms with Gasteiger partial charge in [-0.25, -0.2) is 0 Å². The monoisotopic (exact) mass is 293 g/mol. The second kappa shape index (κ2) is 6.20. The van der Waals surface area contributed by atoms with E-state index in [1.165, 1.54) is 64.2 Å². The molecule has 3 aliphatic carbocycles. The van der Waals surface area contributed by atoms with Gasteiger partial charge in [0.05, 0.1) is 6.10 Å². The molecule has 122 valence electrons. The van der Waals surface area contributed by atoms with Crippen molar-refractivity contribution in [3.63, 3.8) is 0 Å². The molecule has 0 saturated heterocycles. The minimum absolute atomic E-state index is 0.482. The van der Waals surface area contributed by atoms with Crippen molar-refractivity contribution in [1.29, 1.82) is 0 Å². The zero-order chi connectivity index (χ0) is 14.9. The molecule has 0 aromatic carbocycles. The Balaban J connectivity index is 1.62.